The van der Waals surface area contributed by atoms with Crippen LogP contribution >= 0.6 is 15.9 Å². The molecule has 0 atom stereocenters. The molecule has 2 aromatic rings. The molecular formula is C10H9BrN2O. The van der Waals surface area contributed by atoms with Crippen LogP contribution in [-0.4, -0.2) is 10.1 Å². The van der Waals surface area contributed by atoms with Gasteiger partial charge in [-0.1, -0.05) is 15.9 Å². The monoisotopic (exact) mass is 252 g/mol. The summed E-state index contributed by atoms with van der Waals surface area (Å²) in [6, 6.07) is 7.56. The first-order valence-electron chi connectivity index (χ1n) is 4.16. The lowest BCUT2D eigenvalue weighted by Crippen LogP contribution is -1.97. The zero-order valence-corrected chi connectivity index (χ0v) is 8.95. The van der Waals surface area contributed by atoms with Gasteiger partial charge < -0.3 is 10.8 Å². The van der Waals surface area contributed by atoms with Gasteiger partial charge >= 0.3 is 0 Å². The Labute approximate surface area is 89.7 Å². The first kappa shape index (κ1) is 9.43. The molecule has 0 amide bonds. The molecule has 4 heteroatoms. The van der Waals surface area contributed by atoms with E-state index < -0.39 is 0 Å². The van der Waals surface area contributed by atoms with Gasteiger partial charge in [0.1, 0.15) is 0 Å². The molecule has 0 aliphatic carbocycles. The number of aromatic nitrogens is 1. The van der Waals surface area contributed by atoms with Crippen LogP contribution in [-0.2, 0) is 6.61 Å². The average Bonchev–Trinajstić information content (AvgIpc) is 2.16. The van der Waals surface area contributed by atoms with Crippen LogP contribution in [0.3, 0.4) is 0 Å². The molecule has 1 heterocycles. The fraction of sp³-hybridized carbons (Fsp3) is 0.100. The maximum absolute atomic E-state index is 8.98. The number of pyridine rings is 1. The van der Waals surface area contributed by atoms with Crippen molar-refractivity contribution in [1.29, 1.82) is 0 Å². The summed E-state index contributed by atoms with van der Waals surface area (Å²) in [7, 11) is 0. The Morgan fingerprint density at radius 3 is 2.86 bits per heavy atom. The second-order valence-corrected chi connectivity index (χ2v) is 3.94. The van der Waals surface area contributed by atoms with E-state index in [4.69, 9.17) is 10.8 Å². The number of benzene rings is 1. The molecule has 14 heavy (non-hydrogen) atoms. The Morgan fingerprint density at radius 2 is 2.14 bits per heavy atom. The number of anilines is 1. The number of nitrogens with two attached hydrogens (primary N) is 1. The van der Waals surface area contributed by atoms with Gasteiger partial charge in [0, 0.05) is 9.86 Å². The second kappa shape index (κ2) is 3.55. The molecule has 2 rings (SSSR count). The van der Waals surface area contributed by atoms with Gasteiger partial charge in [-0.2, -0.15) is 0 Å². The lowest BCUT2D eigenvalue weighted by Gasteiger charge is -2.04. The van der Waals surface area contributed by atoms with Crippen LogP contribution < -0.4 is 5.73 Å². The Hall–Kier alpha value is -1.13. The molecule has 0 radical (unpaired) electrons. The minimum Gasteiger partial charge on any atom is -0.397 e. The molecule has 1 aromatic carbocycles. The Bertz CT molecular complexity index is 485. The smallest absolute Gasteiger partial charge is 0.0894 e. The summed E-state index contributed by atoms with van der Waals surface area (Å²) in [5, 5.41) is 9.95. The standard InChI is InChI=1S/C10H9BrN2O/c11-7-1-2-9-6(3-7)4-8(12)10(5-14)13-9/h1-4,14H,5,12H2. The fourth-order valence-corrected chi connectivity index (χ4v) is 1.71. The average molecular weight is 253 g/mol. The van der Waals surface area contributed by atoms with E-state index in [0.29, 0.717) is 11.4 Å². The van der Waals surface area contributed by atoms with Crippen molar-refractivity contribution >= 4 is 32.5 Å². The summed E-state index contributed by atoms with van der Waals surface area (Å²) in [5.41, 5.74) is 7.60. The summed E-state index contributed by atoms with van der Waals surface area (Å²) in [6.45, 7) is -0.127. The molecule has 0 fully saturated rings. The minimum atomic E-state index is -0.127. The highest BCUT2D eigenvalue weighted by atomic mass is 79.9. The van der Waals surface area contributed by atoms with Gasteiger partial charge in [-0.15, -0.1) is 0 Å². The molecule has 72 valence electrons. The third-order valence-corrected chi connectivity index (χ3v) is 2.53. The predicted molar refractivity (Wildman–Crippen MR) is 59.8 cm³/mol. The maximum Gasteiger partial charge on any atom is 0.0894 e. The third-order valence-electron chi connectivity index (χ3n) is 2.04. The number of rotatable bonds is 1. The second-order valence-electron chi connectivity index (χ2n) is 3.02. The maximum atomic E-state index is 8.98. The fourth-order valence-electron chi connectivity index (χ4n) is 1.33. The van der Waals surface area contributed by atoms with E-state index in [1.807, 2.05) is 24.3 Å². The summed E-state index contributed by atoms with van der Waals surface area (Å²) < 4.78 is 0.989. The van der Waals surface area contributed by atoms with Crippen LogP contribution in [0, 0.1) is 0 Å². The van der Waals surface area contributed by atoms with Crippen molar-refractivity contribution in [2.24, 2.45) is 0 Å². The number of aliphatic hydroxyl groups excluding tert-OH is 1. The predicted octanol–water partition coefficient (Wildman–Crippen LogP) is 2.07. The van der Waals surface area contributed by atoms with Gasteiger partial charge in [0.05, 0.1) is 23.5 Å². The minimum absolute atomic E-state index is 0.127. The number of nitrogen functional groups attached to an aromatic ring is 1. The molecule has 0 bridgehead atoms. The lowest BCUT2D eigenvalue weighted by atomic mass is 10.2. The lowest BCUT2D eigenvalue weighted by molar-refractivity contribution is 0.278. The Kier molecular flexibility index (Phi) is 2.39. The van der Waals surface area contributed by atoms with Crippen LogP contribution in [0.25, 0.3) is 10.9 Å². The van der Waals surface area contributed by atoms with Crippen LogP contribution in [0.2, 0.25) is 0 Å². The highest BCUT2D eigenvalue weighted by molar-refractivity contribution is 9.10. The van der Waals surface area contributed by atoms with Crippen molar-refractivity contribution in [2.75, 3.05) is 5.73 Å². The molecule has 1 aromatic heterocycles. The summed E-state index contributed by atoms with van der Waals surface area (Å²) in [4.78, 5) is 4.24. The first-order valence-corrected chi connectivity index (χ1v) is 4.95. The molecule has 0 spiro atoms. The first-order chi connectivity index (χ1) is 6.70. The SMILES string of the molecule is Nc1cc2cc(Br)ccc2nc1CO. The van der Waals surface area contributed by atoms with E-state index in [1.54, 1.807) is 0 Å². The number of nitrogens with zero attached hydrogens (tertiary/aromatic N) is 1. The third kappa shape index (κ3) is 1.58. The van der Waals surface area contributed by atoms with Gasteiger partial charge in [-0.05, 0) is 24.3 Å². The Balaban J connectivity index is 2.73. The number of hydrogen-bond acceptors (Lipinski definition) is 3. The number of aliphatic hydroxyl groups is 1. The van der Waals surface area contributed by atoms with E-state index in [1.165, 1.54) is 0 Å². The molecule has 0 unspecified atom stereocenters. The normalized spacial score (nSPS) is 10.7. The largest absolute Gasteiger partial charge is 0.397 e. The van der Waals surface area contributed by atoms with Crippen molar-refractivity contribution in [3.8, 4) is 0 Å². The van der Waals surface area contributed by atoms with E-state index in [9.17, 15) is 0 Å². The van der Waals surface area contributed by atoms with Crippen LogP contribution in [0.4, 0.5) is 5.69 Å². The van der Waals surface area contributed by atoms with Gasteiger partial charge in [0.15, 0.2) is 0 Å². The number of halogens is 1. The summed E-state index contributed by atoms with van der Waals surface area (Å²) in [6.07, 6.45) is 0. The molecule has 0 aliphatic rings. The topological polar surface area (TPSA) is 59.1 Å². The number of hydrogen-bond donors (Lipinski definition) is 2. The van der Waals surface area contributed by atoms with E-state index in [-0.39, 0.29) is 6.61 Å². The van der Waals surface area contributed by atoms with Crippen LogP contribution in [0.15, 0.2) is 28.7 Å². The Morgan fingerprint density at radius 1 is 1.36 bits per heavy atom. The summed E-state index contributed by atoms with van der Waals surface area (Å²) in [5.74, 6) is 0. The highest BCUT2D eigenvalue weighted by Gasteiger charge is 2.02. The summed E-state index contributed by atoms with van der Waals surface area (Å²) >= 11 is 3.37. The van der Waals surface area contributed by atoms with Gasteiger partial charge in [-0.25, -0.2) is 4.98 Å². The zero-order chi connectivity index (χ0) is 10.1. The van der Waals surface area contributed by atoms with E-state index in [2.05, 4.69) is 20.9 Å². The number of fused-ring (bicyclic) bond motifs is 1. The van der Waals surface area contributed by atoms with Crippen LogP contribution in [0.1, 0.15) is 5.69 Å². The van der Waals surface area contributed by atoms with Crippen molar-refractivity contribution in [2.45, 2.75) is 6.61 Å². The van der Waals surface area contributed by atoms with Gasteiger partial charge in [0.2, 0.25) is 0 Å². The highest BCUT2D eigenvalue weighted by Crippen LogP contribution is 2.22. The van der Waals surface area contributed by atoms with Gasteiger partial charge in [0.25, 0.3) is 0 Å². The van der Waals surface area contributed by atoms with E-state index >= 15 is 0 Å². The quantitative estimate of drug-likeness (QED) is 0.817. The van der Waals surface area contributed by atoms with Crippen LogP contribution in [0.5, 0.6) is 0 Å². The van der Waals surface area contributed by atoms with E-state index in [0.717, 1.165) is 15.4 Å². The van der Waals surface area contributed by atoms with Gasteiger partial charge in [-0.3, -0.25) is 0 Å². The van der Waals surface area contributed by atoms with Crippen molar-refractivity contribution in [3.63, 3.8) is 0 Å². The van der Waals surface area contributed by atoms with Crippen molar-refractivity contribution in [1.82, 2.24) is 4.98 Å². The molecule has 0 aliphatic heterocycles. The molecule has 3 N–H and O–H groups in total. The molecular weight excluding hydrogens is 244 g/mol. The molecule has 0 saturated carbocycles. The molecule has 0 saturated heterocycles. The van der Waals surface area contributed by atoms with Crippen molar-refractivity contribution in [3.05, 3.63) is 34.4 Å². The molecule has 3 nitrogen and oxygen atoms in total. The van der Waals surface area contributed by atoms with Crippen molar-refractivity contribution < 1.29 is 5.11 Å². The zero-order valence-electron chi connectivity index (χ0n) is 7.37.